The first-order chi connectivity index (χ1) is 10.0. The van der Waals surface area contributed by atoms with E-state index in [0.29, 0.717) is 11.3 Å². The maximum Gasteiger partial charge on any atom is 0.332 e. The van der Waals surface area contributed by atoms with Crippen LogP contribution in [0.3, 0.4) is 0 Å². The monoisotopic (exact) mass is 288 g/mol. The number of methoxy groups -OCH3 is 1. The fourth-order valence-corrected chi connectivity index (χ4v) is 2.02. The Kier molecular flexibility index (Phi) is 4.42. The first kappa shape index (κ1) is 14.8. The molecule has 0 heterocycles. The van der Waals surface area contributed by atoms with Crippen molar-refractivity contribution in [1.82, 2.24) is 0 Å². The molecule has 0 fully saturated rings. The van der Waals surface area contributed by atoms with E-state index >= 15 is 0 Å². The minimum absolute atomic E-state index is 0.239. The first-order valence-electron chi connectivity index (χ1n) is 6.48. The molecule has 5 heteroatoms. The molecule has 2 aromatic carbocycles. The number of esters is 1. The van der Waals surface area contributed by atoms with Gasteiger partial charge in [-0.25, -0.2) is 9.18 Å². The Morgan fingerprint density at radius 2 is 1.95 bits per heavy atom. The third-order valence-corrected chi connectivity index (χ3v) is 3.20. The number of anilines is 2. The lowest BCUT2D eigenvalue weighted by Gasteiger charge is -2.19. The number of carbonyl (C=O) groups excluding carboxylic acids is 1. The van der Waals surface area contributed by atoms with Gasteiger partial charge in [-0.2, -0.15) is 0 Å². The maximum absolute atomic E-state index is 13.4. The molecule has 0 aliphatic rings. The standard InChI is InChI=1S/C16H17FN2O2/c1-10-8-14(13(18)9-12(10)17)19-15(16(20)21-2)11-6-4-3-5-7-11/h3-9,15,19H,18H2,1-2H3. The van der Waals surface area contributed by atoms with E-state index in [2.05, 4.69) is 5.32 Å². The van der Waals surface area contributed by atoms with Gasteiger partial charge >= 0.3 is 5.97 Å². The van der Waals surface area contributed by atoms with Crippen molar-refractivity contribution in [2.24, 2.45) is 0 Å². The number of benzene rings is 2. The number of carbonyl (C=O) groups is 1. The van der Waals surface area contributed by atoms with Crippen LogP contribution >= 0.6 is 0 Å². The van der Waals surface area contributed by atoms with Gasteiger partial charge in [-0.3, -0.25) is 0 Å². The molecule has 4 nitrogen and oxygen atoms in total. The molecular weight excluding hydrogens is 271 g/mol. The summed E-state index contributed by atoms with van der Waals surface area (Å²) in [7, 11) is 1.32. The zero-order valence-corrected chi connectivity index (χ0v) is 11.9. The third kappa shape index (κ3) is 3.31. The van der Waals surface area contributed by atoms with Gasteiger partial charge in [-0.1, -0.05) is 30.3 Å². The molecule has 0 saturated carbocycles. The van der Waals surface area contributed by atoms with E-state index in [0.717, 1.165) is 5.56 Å². The summed E-state index contributed by atoms with van der Waals surface area (Å²) in [5.41, 5.74) is 7.73. The van der Waals surface area contributed by atoms with Gasteiger partial charge < -0.3 is 15.8 Å². The summed E-state index contributed by atoms with van der Waals surface area (Å²) >= 11 is 0. The Morgan fingerprint density at radius 3 is 2.57 bits per heavy atom. The molecule has 1 atom stereocenters. The fraction of sp³-hybridized carbons (Fsp3) is 0.188. The van der Waals surface area contributed by atoms with Crippen LogP contribution in [0.15, 0.2) is 42.5 Å². The van der Waals surface area contributed by atoms with Gasteiger partial charge in [0.15, 0.2) is 6.04 Å². The lowest BCUT2D eigenvalue weighted by atomic mass is 10.1. The van der Waals surface area contributed by atoms with Gasteiger partial charge in [0, 0.05) is 0 Å². The molecule has 110 valence electrons. The molecule has 0 aliphatic carbocycles. The van der Waals surface area contributed by atoms with Crippen LogP contribution in [-0.2, 0) is 9.53 Å². The SMILES string of the molecule is COC(=O)C(Nc1cc(C)c(F)cc1N)c1ccccc1. The maximum atomic E-state index is 13.4. The van der Waals surface area contributed by atoms with Gasteiger partial charge in [0.05, 0.1) is 18.5 Å². The van der Waals surface area contributed by atoms with Gasteiger partial charge in [-0.15, -0.1) is 0 Å². The van der Waals surface area contributed by atoms with Crippen molar-refractivity contribution >= 4 is 17.3 Å². The number of rotatable bonds is 4. The molecule has 0 amide bonds. The van der Waals surface area contributed by atoms with Gasteiger partial charge in [0.25, 0.3) is 0 Å². The van der Waals surface area contributed by atoms with Crippen LogP contribution < -0.4 is 11.1 Å². The largest absolute Gasteiger partial charge is 0.467 e. The van der Waals surface area contributed by atoms with Crippen LogP contribution in [0, 0.1) is 12.7 Å². The highest BCUT2D eigenvalue weighted by molar-refractivity contribution is 5.83. The number of hydrogen-bond acceptors (Lipinski definition) is 4. The van der Waals surface area contributed by atoms with Crippen molar-refractivity contribution < 1.29 is 13.9 Å². The first-order valence-corrected chi connectivity index (χ1v) is 6.48. The molecule has 2 aromatic rings. The smallest absolute Gasteiger partial charge is 0.332 e. The highest BCUT2D eigenvalue weighted by Gasteiger charge is 2.22. The van der Waals surface area contributed by atoms with Crippen molar-refractivity contribution in [2.45, 2.75) is 13.0 Å². The van der Waals surface area contributed by atoms with E-state index in [-0.39, 0.29) is 11.5 Å². The van der Waals surface area contributed by atoms with Crippen molar-refractivity contribution in [3.63, 3.8) is 0 Å². The number of nitrogen functional groups attached to an aromatic ring is 1. The second-order valence-corrected chi connectivity index (χ2v) is 4.70. The molecule has 0 saturated heterocycles. The van der Waals surface area contributed by atoms with Crippen LogP contribution in [0.4, 0.5) is 15.8 Å². The van der Waals surface area contributed by atoms with Gasteiger partial charge in [-0.05, 0) is 30.2 Å². The molecule has 0 aliphatic heterocycles. The second kappa shape index (κ2) is 6.26. The van der Waals surface area contributed by atoms with E-state index in [1.165, 1.54) is 13.2 Å². The Bertz CT molecular complexity index is 644. The minimum Gasteiger partial charge on any atom is -0.467 e. The van der Waals surface area contributed by atoms with E-state index < -0.39 is 12.0 Å². The van der Waals surface area contributed by atoms with Crippen LogP contribution in [0.25, 0.3) is 0 Å². The van der Waals surface area contributed by atoms with Gasteiger partial charge in [0.2, 0.25) is 0 Å². The van der Waals surface area contributed by atoms with Crippen molar-refractivity contribution in [1.29, 1.82) is 0 Å². The molecule has 0 spiro atoms. The van der Waals surface area contributed by atoms with Crippen LogP contribution in [0.1, 0.15) is 17.2 Å². The quantitative estimate of drug-likeness (QED) is 0.670. The molecule has 0 aromatic heterocycles. The number of aryl methyl sites for hydroxylation is 1. The summed E-state index contributed by atoms with van der Waals surface area (Å²) < 4.78 is 18.3. The number of halogens is 1. The summed E-state index contributed by atoms with van der Waals surface area (Å²) in [5.74, 6) is -0.824. The average molecular weight is 288 g/mol. The zero-order valence-electron chi connectivity index (χ0n) is 11.9. The molecule has 0 radical (unpaired) electrons. The lowest BCUT2D eigenvalue weighted by Crippen LogP contribution is -2.23. The molecule has 2 rings (SSSR count). The highest BCUT2D eigenvalue weighted by atomic mass is 19.1. The van der Waals surface area contributed by atoms with Crippen LogP contribution in [0.5, 0.6) is 0 Å². The Balaban J connectivity index is 2.36. The molecule has 1 unspecified atom stereocenters. The molecule has 21 heavy (non-hydrogen) atoms. The normalized spacial score (nSPS) is 11.8. The molecule has 3 N–H and O–H groups in total. The summed E-state index contributed by atoms with van der Waals surface area (Å²) in [6.45, 7) is 1.63. The minimum atomic E-state index is -0.705. The Labute approximate surface area is 122 Å². The van der Waals surface area contributed by atoms with Crippen molar-refractivity contribution in [3.8, 4) is 0 Å². The van der Waals surface area contributed by atoms with E-state index in [1.807, 2.05) is 18.2 Å². The second-order valence-electron chi connectivity index (χ2n) is 4.70. The van der Waals surface area contributed by atoms with Gasteiger partial charge in [0.1, 0.15) is 5.82 Å². The van der Waals surface area contributed by atoms with E-state index in [1.54, 1.807) is 25.1 Å². The number of hydrogen-bond donors (Lipinski definition) is 2. The summed E-state index contributed by atoms with van der Waals surface area (Å²) in [5, 5.41) is 3.02. The van der Waals surface area contributed by atoms with E-state index in [9.17, 15) is 9.18 Å². The van der Waals surface area contributed by atoms with E-state index in [4.69, 9.17) is 10.5 Å². The molecule has 0 bridgehead atoms. The summed E-state index contributed by atoms with van der Waals surface area (Å²) in [4.78, 5) is 12.0. The number of nitrogens with one attached hydrogen (secondary N) is 1. The predicted octanol–water partition coefficient (Wildman–Crippen LogP) is 3.04. The Morgan fingerprint density at radius 1 is 1.29 bits per heavy atom. The average Bonchev–Trinajstić information content (AvgIpc) is 2.49. The van der Waals surface area contributed by atoms with Crippen molar-refractivity contribution in [2.75, 3.05) is 18.2 Å². The van der Waals surface area contributed by atoms with Crippen molar-refractivity contribution in [3.05, 3.63) is 59.4 Å². The topological polar surface area (TPSA) is 64.3 Å². The lowest BCUT2D eigenvalue weighted by molar-refractivity contribution is -0.141. The fourth-order valence-electron chi connectivity index (χ4n) is 2.02. The third-order valence-electron chi connectivity index (χ3n) is 3.20. The summed E-state index contributed by atoms with van der Waals surface area (Å²) in [6.07, 6.45) is 0. The number of ether oxygens (including phenoxy) is 1. The van der Waals surface area contributed by atoms with Crippen LogP contribution in [0.2, 0.25) is 0 Å². The summed E-state index contributed by atoms with van der Waals surface area (Å²) in [6, 6.07) is 11.2. The molecular formula is C16H17FN2O2. The number of nitrogens with two attached hydrogens (primary N) is 1. The highest BCUT2D eigenvalue weighted by Crippen LogP contribution is 2.27. The van der Waals surface area contributed by atoms with Crippen LogP contribution in [-0.4, -0.2) is 13.1 Å². The predicted molar refractivity (Wildman–Crippen MR) is 80.4 cm³/mol. The Hall–Kier alpha value is -2.56. The zero-order chi connectivity index (χ0) is 15.4.